The van der Waals surface area contributed by atoms with Crippen molar-refractivity contribution in [3.05, 3.63) is 40.8 Å². The molecule has 1 fully saturated rings. The molecule has 5 nitrogen and oxygen atoms in total. The van der Waals surface area contributed by atoms with Crippen LogP contribution in [0.15, 0.2) is 30.6 Å². The number of morpholine rings is 1. The number of rotatable bonds is 5. The van der Waals surface area contributed by atoms with Gasteiger partial charge in [-0.3, -0.25) is 4.90 Å². The van der Waals surface area contributed by atoms with Gasteiger partial charge in [0, 0.05) is 31.3 Å². The van der Waals surface area contributed by atoms with Crippen molar-refractivity contribution in [1.82, 2.24) is 14.9 Å². The third kappa shape index (κ3) is 4.54. The van der Waals surface area contributed by atoms with Crippen molar-refractivity contribution in [3.8, 4) is 17.0 Å². The van der Waals surface area contributed by atoms with E-state index < -0.39 is 0 Å². The average Bonchev–Trinajstić information content (AvgIpc) is 2.57. The van der Waals surface area contributed by atoms with Crippen LogP contribution in [-0.2, 0) is 4.74 Å². The maximum atomic E-state index is 6.22. The Labute approximate surface area is 145 Å². The van der Waals surface area contributed by atoms with Crippen LogP contribution in [0.4, 0.5) is 0 Å². The summed E-state index contributed by atoms with van der Waals surface area (Å²) in [5.74, 6) is 0.646. The first-order valence-corrected chi connectivity index (χ1v) is 8.18. The maximum absolute atomic E-state index is 6.22. The maximum Gasteiger partial charge on any atom is 0.138 e. The molecule has 0 unspecified atom stereocenters. The highest BCUT2D eigenvalue weighted by Gasteiger charge is 2.11. The number of aromatic nitrogens is 2. The normalized spacial score (nSPS) is 15.6. The summed E-state index contributed by atoms with van der Waals surface area (Å²) >= 11 is 12.1. The molecule has 1 aliphatic rings. The first kappa shape index (κ1) is 16.5. The average molecular weight is 354 g/mol. The largest absolute Gasteiger partial charge is 0.491 e. The molecular formula is C16H17Cl2N3O2. The van der Waals surface area contributed by atoms with Gasteiger partial charge in [0.1, 0.15) is 23.8 Å². The van der Waals surface area contributed by atoms with Gasteiger partial charge in [0.15, 0.2) is 0 Å². The van der Waals surface area contributed by atoms with E-state index in [1.54, 1.807) is 12.1 Å². The minimum Gasteiger partial charge on any atom is -0.491 e. The first-order valence-electron chi connectivity index (χ1n) is 7.43. The van der Waals surface area contributed by atoms with Gasteiger partial charge in [-0.25, -0.2) is 9.97 Å². The molecule has 1 aliphatic heterocycles. The van der Waals surface area contributed by atoms with E-state index >= 15 is 0 Å². The quantitative estimate of drug-likeness (QED) is 0.772. The lowest BCUT2D eigenvalue weighted by molar-refractivity contribution is 0.0322. The summed E-state index contributed by atoms with van der Waals surface area (Å²) < 4.78 is 11.2. The monoisotopic (exact) mass is 353 g/mol. The Morgan fingerprint density at radius 3 is 2.74 bits per heavy atom. The Morgan fingerprint density at radius 2 is 1.96 bits per heavy atom. The molecule has 23 heavy (non-hydrogen) atoms. The van der Waals surface area contributed by atoms with Crippen molar-refractivity contribution >= 4 is 23.2 Å². The molecule has 1 aromatic heterocycles. The predicted molar refractivity (Wildman–Crippen MR) is 90.2 cm³/mol. The van der Waals surface area contributed by atoms with E-state index in [2.05, 4.69) is 14.9 Å². The Hall–Kier alpha value is -1.40. The van der Waals surface area contributed by atoms with Crippen LogP contribution in [0.2, 0.25) is 10.2 Å². The van der Waals surface area contributed by atoms with Crippen LogP contribution in [-0.4, -0.2) is 54.3 Å². The molecule has 2 aromatic rings. The summed E-state index contributed by atoms with van der Waals surface area (Å²) in [5.41, 5.74) is 1.62. The van der Waals surface area contributed by atoms with E-state index in [1.165, 1.54) is 6.33 Å². The van der Waals surface area contributed by atoms with Crippen molar-refractivity contribution < 1.29 is 9.47 Å². The van der Waals surface area contributed by atoms with Crippen molar-refractivity contribution in [2.75, 3.05) is 39.5 Å². The highest BCUT2D eigenvalue weighted by molar-refractivity contribution is 6.32. The van der Waals surface area contributed by atoms with Gasteiger partial charge < -0.3 is 9.47 Å². The SMILES string of the molecule is Clc1cc(-c2ccc(Cl)c(OCCN3CCOCC3)c2)ncn1. The molecule has 7 heteroatoms. The second kappa shape index (κ2) is 7.93. The highest BCUT2D eigenvalue weighted by atomic mass is 35.5. The van der Waals surface area contributed by atoms with Crippen molar-refractivity contribution in [2.24, 2.45) is 0 Å². The first-order chi connectivity index (χ1) is 11.2. The van der Waals surface area contributed by atoms with E-state index in [0.29, 0.717) is 22.5 Å². The summed E-state index contributed by atoms with van der Waals surface area (Å²) in [5, 5.41) is 0.982. The van der Waals surface area contributed by atoms with E-state index in [9.17, 15) is 0 Å². The third-order valence-electron chi connectivity index (χ3n) is 3.63. The molecular weight excluding hydrogens is 337 g/mol. The third-order valence-corrected chi connectivity index (χ3v) is 4.15. The predicted octanol–water partition coefficient (Wildman–Crippen LogP) is 3.16. The van der Waals surface area contributed by atoms with Crippen LogP contribution in [0, 0.1) is 0 Å². The summed E-state index contributed by atoms with van der Waals surface area (Å²) in [7, 11) is 0. The molecule has 122 valence electrons. The minimum absolute atomic E-state index is 0.403. The van der Waals surface area contributed by atoms with Gasteiger partial charge in [-0.2, -0.15) is 0 Å². The molecule has 0 saturated carbocycles. The Kier molecular flexibility index (Phi) is 5.67. The number of halogens is 2. The van der Waals surface area contributed by atoms with Crippen molar-refractivity contribution in [3.63, 3.8) is 0 Å². The zero-order valence-electron chi connectivity index (χ0n) is 12.5. The minimum atomic E-state index is 0.403. The molecule has 2 heterocycles. The highest BCUT2D eigenvalue weighted by Crippen LogP contribution is 2.30. The van der Waals surface area contributed by atoms with E-state index in [-0.39, 0.29) is 0 Å². The molecule has 0 N–H and O–H groups in total. The molecule has 1 aromatic carbocycles. The lowest BCUT2D eigenvalue weighted by Crippen LogP contribution is -2.38. The zero-order valence-corrected chi connectivity index (χ0v) is 14.1. The van der Waals surface area contributed by atoms with Gasteiger partial charge in [0.2, 0.25) is 0 Å². The number of benzene rings is 1. The van der Waals surface area contributed by atoms with Crippen LogP contribution < -0.4 is 4.74 Å². The molecule has 0 amide bonds. The van der Waals surface area contributed by atoms with E-state index in [0.717, 1.165) is 44.1 Å². The summed E-state index contributed by atoms with van der Waals surface area (Å²) in [6, 6.07) is 7.27. The van der Waals surface area contributed by atoms with Crippen LogP contribution >= 0.6 is 23.2 Å². The summed E-state index contributed by atoms with van der Waals surface area (Å²) in [4.78, 5) is 10.4. The van der Waals surface area contributed by atoms with Crippen molar-refractivity contribution in [1.29, 1.82) is 0 Å². The van der Waals surface area contributed by atoms with Gasteiger partial charge >= 0.3 is 0 Å². The molecule has 0 spiro atoms. The number of hydrogen-bond donors (Lipinski definition) is 0. The van der Waals surface area contributed by atoms with Gasteiger partial charge in [-0.15, -0.1) is 0 Å². The van der Waals surface area contributed by atoms with Crippen LogP contribution in [0.5, 0.6) is 5.75 Å². The lowest BCUT2D eigenvalue weighted by atomic mass is 10.1. The van der Waals surface area contributed by atoms with Gasteiger partial charge in [-0.05, 0) is 12.1 Å². The van der Waals surface area contributed by atoms with Gasteiger partial charge in [0.25, 0.3) is 0 Å². The van der Waals surface area contributed by atoms with Gasteiger partial charge in [-0.1, -0.05) is 29.3 Å². The molecule has 1 saturated heterocycles. The molecule has 0 aliphatic carbocycles. The Morgan fingerprint density at radius 1 is 1.13 bits per heavy atom. The molecule has 0 atom stereocenters. The number of ether oxygens (including phenoxy) is 2. The zero-order chi connectivity index (χ0) is 16.1. The fourth-order valence-corrected chi connectivity index (χ4v) is 2.69. The number of nitrogens with zero attached hydrogens (tertiary/aromatic N) is 3. The fourth-order valence-electron chi connectivity index (χ4n) is 2.37. The summed E-state index contributed by atoms with van der Waals surface area (Å²) in [6.07, 6.45) is 1.44. The Balaban J connectivity index is 1.65. The van der Waals surface area contributed by atoms with Crippen molar-refractivity contribution in [2.45, 2.75) is 0 Å². The summed E-state index contributed by atoms with van der Waals surface area (Å²) in [6.45, 7) is 4.87. The van der Waals surface area contributed by atoms with Gasteiger partial charge in [0.05, 0.1) is 23.9 Å². The van der Waals surface area contributed by atoms with E-state index in [4.69, 9.17) is 32.7 Å². The molecule has 0 radical (unpaired) electrons. The standard InChI is InChI=1S/C16H17Cl2N3O2/c17-13-2-1-12(14-10-16(18)20-11-19-14)9-15(13)23-8-5-21-3-6-22-7-4-21/h1-2,9-11H,3-8H2. The van der Waals surface area contributed by atoms with Crippen LogP contribution in [0.25, 0.3) is 11.3 Å². The topological polar surface area (TPSA) is 47.5 Å². The fraction of sp³-hybridized carbons (Fsp3) is 0.375. The Bertz CT molecular complexity index is 664. The van der Waals surface area contributed by atoms with E-state index in [1.807, 2.05) is 12.1 Å². The number of hydrogen-bond acceptors (Lipinski definition) is 5. The lowest BCUT2D eigenvalue weighted by Gasteiger charge is -2.26. The molecule has 0 bridgehead atoms. The van der Waals surface area contributed by atoms with Crippen LogP contribution in [0.1, 0.15) is 0 Å². The second-order valence-electron chi connectivity index (χ2n) is 5.17. The van der Waals surface area contributed by atoms with Crippen LogP contribution in [0.3, 0.4) is 0 Å². The smallest absolute Gasteiger partial charge is 0.138 e. The second-order valence-corrected chi connectivity index (χ2v) is 5.97. The molecule has 3 rings (SSSR count).